The third kappa shape index (κ3) is 2.06. The van der Waals surface area contributed by atoms with Crippen LogP contribution in [0.5, 0.6) is 0 Å². The Hall–Kier alpha value is -1.43. The lowest BCUT2D eigenvalue weighted by atomic mass is 10.1. The lowest BCUT2D eigenvalue weighted by Crippen LogP contribution is -2.16. The molecule has 0 aliphatic carbocycles. The Morgan fingerprint density at radius 2 is 2.44 bits per heavy atom. The van der Waals surface area contributed by atoms with Gasteiger partial charge in [-0.2, -0.15) is 5.10 Å². The Morgan fingerprint density at radius 3 is 3.12 bits per heavy atom. The maximum atomic E-state index is 10.7. The molecule has 0 bridgehead atoms. The molecule has 2 heterocycles. The van der Waals surface area contributed by atoms with E-state index in [9.17, 15) is 10.1 Å². The summed E-state index contributed by atoms with van der Waals surface area (Å²) in [6, 6.07) is 0.135. The van der Waals surface area contributed by atoms with E-state index in [0.717, 1.165) is 25.9 Å². The van der Waals surface area contributed by atoms with E-state index in [4.69, 9.17) is 4.74 Å². The highest BCUT2D eigenvalue weighted by molar-refractivity contribution is 5.31. The Morgan fingerprint density at radius 1 is 1.62 bits per heavy atom. The van der Waals surface area contributed by atoms with Crippen LogP contribution >= 0.6 is 0 Å². The normalized spacial score (nSPS) is 21.7. The van der Waals surface area contributed by atoms with Crippen molar-refractivity contribution in [2.24, 2.45) is 0 Å². The van der Waals surface area contributed by atoms with E-state index in [1.807, 2.05) is 0 Å². The number of nitro groups is 1. The van der Waals surface area contributed by atoms with E-state index in [2.05, 4.69) is 5.10 Å². The molecule has 0 spiro atoms. The maximum Gasteiger partial charge on any atom is 0.309 e. The minimum Gasteiger partial charge on any atom is -0.379 e. The lowest BCUT2D eigenvalue weighted by Gasteiger charge is -2.15. The molecule has 1 unspecified atom stereocenters. The summed E-state index contributed by atoms with van der Waals surface area (Å²) in [6.45, 7) is 3.11. The first kappa shape index (κ1) is 11.1. The van der Waals surface area contributed by atoms with Gasteiger partial charge in [-0.15, -0.1) is 0 Å². The standard InChI is InChI=1S/C10H15N3O3/c1-8-10(13(14)15)6-11-12(8)9-4-2-3-5-16-7-9/h6,9H,2-5,7H2,1H3. The molecule has 0 amide bonds. The van der Waals surface area contributed by atoms with E-state index < -0.39 is 4.92 Å². The first-order valence-electron chi connectivity index (χ1n) is 5.46. The average Bonchev–Trinajstić information content (AvgIpc) is 2.50. The zero-order valence-electron chi connectivity index (χ0n) is 9.26. The van der Waals surface area contributed by atoms with Crippen LogP contribution in [0.2, 0.25) is 0 Å². The highest BCUT2D eigenvalue weighted by Gasteiger charge is 2.22. The highest BCUT2D eigenvalue weighted by atomic mass is 16.6. The summed E-state index contributed by atoms with van der Waals surface area (Å²) >= 11 is 0. The number of hydrogen-bond donors (Lipinski definition) is 0. The molecule has 1 aromatic rings. The summed E-state index contributed by atoms with van der Waals surface area (Å²) in [5.41, 5.74) is 0.699. The topological polar surface area (TPSA) is 70.2 Å². The molecule has 1 saturated heterocycles. The van der Waals surface area contributed by atoms with Crippen LogP contribution in [0, 0.1) is 17.0 Å². The highest BCUT2D eigenvalue weighted by Crippen LogP contribution is 2.24. The van der Waals surface area contributed by atoms with Crippen LogP contribution in [0.25, 0.3) is 0 Å². The van der Waals surface area contributed by atoms with Crippen LogP contribution in [0.4, 0.5) is 5.69 Å². The Balaban J connectivity index is 2.22. The molecule has 0 N–H and O–H groups in total. The zero-order chi connectivity index (χ0) is 11.5. The summed E-state index contributed by atoms with van der Waals surface area (Å²) < 4.78 is 7.18. The fourth-order valence-electron chi connectivity index (χ4n) is 2.04. The van der Waals surface area contributed by atoms with Crippen molar-refractivity contribution in [3.63, 3.8) is 0 Å². The van der Waals surface area contributed by atoms with E-state index in [1.165, 1.54) is 6.20 Å². The van der Waals surface area contributed by atoms with E-state index in [0.29, 0.717) is 12.3 Å². The molecular weight excluding hydrogens is 210 g/mol. The summed E-state index contributed by atoms with van der Waals surface area (Å²) in [7, 11) is 0. The monoisotopic (exact) mass is 225 g/mol. The Kier molecular flexibility index (Phi) is 3.19. The van der Waals surface area contributed by atoms with Gasteiger partial charge in [-0.3, -0.25) is 14.8 Å². The van der Waals surface area contributed by atoms with Crippen LogP contribution < -0.4 is 0 Å². The molecule has 6 heteroatoms. The Labute approximate surface area is 93.4 Å². The molecule has 6 nitrogen and oxygen atoms in total. The predicted molar refractivity (Wildman–Crippen MR) is 57.3 cm³/mol. The first-order valence-corrected chi connectivity index (χ1v) is 5.46. The number of aromatic nitrogens is 2. The van der Waals surface area contributed by atoms with Gasteiger partial charge in [0.2, 0.25) is 0 Å². The van der Waals surface area contributed by atoms with Crippen molar-refractivity contribution < 1.29 is 9.66 Å². The van der Waals surface area contributed by atoms with Gasteiger partial charge in [0.25, 0.3) is 0 Å². The summed E-state index contributed by atoms with van der Waals surface area (Å²) in [6.07, 6.45) is 4.43. The second-order valence-corrected chi connectivity index (χ2v) is 4.04. The number of nitrogens with zero attached hydrogens (tertiary/aromatic N) is 3. The van der Waals surface area contributed by atoms with Crippen LogP contribution in [0.15, 0.2) is 6.20 Å². The molecule has 88 valence electrons. The summed E-state index contributed by atoms with van der Waals surface area (Å²) in [4.78, 5) is 10.3. The maximum absolute atomic E-state index is 10.7. The van der Waals surface area contributed by atoms with Gasteiger partial charge in [-0.05, 0) is 26.2 Å². The minimum absolute atomic E-state index is 0.0873. The van der Waals surface area contributed by atoms with Gasteiger partial charge in [0, 0.05) is 6.61 Å². The molecule has 1 aliphatic heterocycles. The predicted octanol–water partition coefficient (Wildman–Crippen LogP) is 1.84. The quantitative estimate of drug-likeness (QED) is 0.568. The molecule has 0 saturated carbocycles. The van der Waals surface area contributed by atoms with Crippen LogP contribution in [0.1, 0.15) is 31.0 Å². The van der Waals surface area contributed by atoms with Crippen molar-refractivity contribution >= 4 is 5.69 Å². The fourth-order valence-corrected chi connectivity index (χ4v) is 2.04. The second-order valence-electron chi connectivity index (χ2n) is 4.04. The van der Waals surface area contributed by atoms with Crippen molar-refractivity contribution in [2.45, 2.75) is 32.2 Å². The van der Waals surface area contributed by atoms with Crippen molar-refractivity contribution in [3.8, 4) is 0 Å². The van der Waals surface area contributed by atoms with Crippen LogP contribution in [-0.2, 0) is 4.74 Å². The minimum atomic E-state index is -0.392. The molecule has 16 heavy (non-hydrogen) atoms. The van der Waals surface area contributed by atoms with E-state index in [1.54, 1.807) is 11.6 Å². The van der Waals surface area contributed by atoms with Gasteiger partial charge in [-0.25, -0.2) is 0 Å². The largest absolute Gasteiger partial charge is 0.379 e. The molecule has 1 aromatic heterocycles. The molecule has 1 atom stereocenters. The third-order valence-corrected chi connectivity index (χ3v) is 2.95. The van der Waals surface area contributed by atoms with Gasteiger partial charge < -0.3 is 4.74 Å². The number of rotatable bonds is 2. The van der Waals surface area contributed by atoms with Crippen LogP contribution in [0.3, 0.4) is 0 Å². The average molecular weight is 225 g/mol. The fraction of sp³-hybridized carbons (Fsp3) is 0.700. The third-order valence-electron chi connectivity index (χ3n) is 2.95. The van der Waals surface area contributed by atoms with Crippen molar-refractivity contribution in [3.05, 3.63) is 22.0 Å². The first-order chi connectivity index (χ1) is 7.70. The Bertz CT molecular complexity index is 381. The van der Waals surface area contributed by atoms with Gasteiger partial charge in [0.1, 0.15) is 11.9 Å². The van der Waals surface area contributed by atoms with Gasteiger partial charge in [0.05, 0.1) is 17.6 Å². The lowest BCUT2D eigenvalue weighted by molar-refractivity contribution is -0.385. The summed E-state index contributed by atoms with van der Waals surface area (Å²) in [5, 5.41) is 14.8. The van der Waals surface area contributed by atoms with E-state index in [-0.39, 0.29) is 11.7 Å². The smallest absolute Gasteiger partial charge is 0.309 e. The molecular formula is C10H15N3O3. The van der Waals surface area contributed by atoms with Crippen molar-refractivity contribution in [1.82, 2.24) is 9.78 Å². The van der Waals surface area contributed by atoms with Crippen molar-refractivity contribution in [2.75, 3.05) is 13.2 Å². The summed E-state index contributed by atoms with van der Waals surface area (Å²) in [5.74, 6) is 0. The zero-order valence-corrected chi connectivity index (χ0v) is 9.26. The van der Waals surface area contributed by atoms with Crippen molar-refractivity contribution in [1.29, 1.82) is 0 Å². The van der Waals surface area contributed by atoms with E-state index >= 15 is 0 Å². The van der Waals surface area contributed by atoms with Crippen LogP contribution in [-0.4, -0.2) is 27.9 Å². The molecule has 1 aliphatic rings. The molecule has 1 fully saturated rings. The number of hydrogen-bond acceptors (Lipinski definition) is 4. The number of ether oxygens (including phenoxy) is 1. The molecule has 0 aromatic carbocycles. The van der Waals surface area contributed by atoms with Gasteiger partial charge in [0.15, 0.2) is 0 Å². The second kappa shape index (κ2) is 4.61. The molecule has 2 rings (SSSR count). The molecule has 0 radical (unpaired) electrons. The van der Waals surface area contributed by atoms with Gasteiger partial charge in [-0.1, -0.05) is 0 Å². The van der Waals surface area contributed by atoms with Gasteiger partial charge >= 0.3 is 5.69 Å². The SMILES string of the molecule is Cc1c([N+](=O)[O-])cnn1C1CCCCOC1.